The van der Waals surface area contributed by atoms with Gasteiger partial charge in [-0.05, 0) is 48.8 Å². The second-order valence-electron chi connectivity index (χ2n) is 9.99. The molecular formula is C28H39N3O4. The van der Waals surface area contributed by atoms with E-state index in [-0.39, 0.29) is 18.5 Å². The van der Waals surface area contributed by atoms with Crippen molar-refractivity contribution in [1.29, 1.82) is 0 Å². The smallest absolute Gasteiger partial charge is 0.320 e. The number of rotatable bonds is 8. The van der Waals surface area contributed by atoms with Gasteiger partial charge in [-0.25, -0.2) is 4.79 Å². The van der Waals surface area contributed by atoms with Crippen LogP contribution in [0.25, 0.3) is 11.1 Å². The molecule has 0 aliphatic carbocycles. The van der Waals surface area contributed by atoms with E-state index in [0.29, 0.717) is 32.7 Å². The average Bonchev–Trinajstić information content (AvgIpc) is 3.24. The van der Waals surface area contributed by atoms with Crippen molar-refractivity contribution in [2.45, 2.75) is 49.9 Å². The summed E-state index contributed by atoms with van der Waals surface area (Å²) in [6.45, 7) is 2.41. The van der Waals surface area contributed by atoms with Gasteiger partial charge in [-0.1, -0.05) is 54.6 Å². The number of methoxy groups -OCH3 is 1. The molecule has 2 heterocycles. The van der Waals surface area contributed by atoms with Crippen molar-refractivity contribution in [3.8, 4) is 11.1 Å². The molecule has 0 saturated carbocycles. The van der Waals surface area contributed by atoms with E-state index in [0.717, 1.165) is 42.4 Å². The number of likely N-dealkylation sites (tertiary alicyclic amines) is 2. The number of hydrogen-bond acceptors (Lipinski definition) is 5. The first-order chi connectivity index (χ1) is 16.9. The number of carbonyl (C=O) groups excluding carboxylic acids is 1. The molecule has 2 fully saturated rings. The number of aliphatic hydroxyl groups is 2. The largest absolute Gasteiger partial charge is 0.390 e. The van der Waals surface area contributed by atoms with Gasteiger partial charge < -0.3 is 30.5 Å². The van der Waals surface area contributed by atoms with Gasteiger partial charge in [0.2, 0.25) is 0 Å². The molecule has 0 radical (unpaired) electrons. The van der Waals surface area contributed by atoms with Gasteiger partial charge in [0.25, 0.3) is 0 Å². The summed E-state index contributed by atoms with van der Waals surface area (Å²) in [7, 11) is 1.70. The molecule has 2 aromatic carbocycles. The Kier molecular flexibility index (Phi) is 8.44. The number of carbonyl (C=O) groups is 1. The highest BCUT2D eigenvalue weighted by Gasteiger charge is 2.43. The Bertz CT molecular complexity index is 962. The first kappa shape index (κ1) is 25.6. The second-order valence-corrected chi connectivity index (χ2v) is 9.99. The number of piperidine rings is 1. The van der Waals surface area contributed by atoms with Crippen molar-refractivity contribution in [1.82, 2.24) is 9.80 Å². The Morgan fingerprint density at radius 3 is 2.51 bits per heavy atom. The maximum absolute atomic E-state index is 13.3. The van der Waals surface area contributed by atoms with Crippen LogP contribution >= 0.6 is 0 Å². The van der Waals surface area contributed by atoms with Crippen LogP contribution in [0.15, 0.2) is 54.6 Å². The number of urea groups is 1. The van der Waals surface area contributed by atoms with Gasteiger partial charge in [0, 0.05) is 51.9 Å². The molecule has 2 saturated heterocycles. The highest BCUT2D eigenvalue weighted by molar-refractivity contribution is 5.75. The molecule has 2 amide bonds. The van der Waals surface area contributed by atoms with Crippen LogP contribution in [0, 0.1) is 5.92 Å². The van der Waals surface area contributed by atoms with Gasteiger partial charge >= 0.3 is 6.03 Å². The number of aliphatic hydroxyl groups excluding tert-OH is 1. The number of ether oxygens (including phenoxy) is 1. The molecule has 0 unspecified atom stereocenters. The van der Waals surface area contributed by atoms with Crippen LogP contribution in [-0.2, 0) is 10.3 Å². The normalized spacial score (nSPS) is 24.4. The molecule has 7 nitrogen and oxygen atoms in total. The molecule has 35 heavy (non-hydrogen) atoms. The van der Waals surface area contributed by atoms with E-state index in [4.69, 9.17) is 10.5 Å². The van der Waals surface area contributed by atoms with Gasteiger partial charge in [-0.15, -0.1) is 0 Å². The van der Waals surface area contributed by atoms with Gasteiger partial charge in [-0.2, -0.15) is 0 Å². The number of β-amino-alcohol motifs (C(OH)–C–C–N with tert-alkyl or cyclic N) is 1. The number of benzene rings is 2. The summed E-state index contributed by atoms with van der Waals surface area (Å²) in [5.41, 5.74) is 7.88. The van der Waals surface area contributed by atoms with Gasteiger partial charge in [0.05, 0.1) is 11.7 Å². The van der Waals surface area contributed by atoms with Crippen LogP contribution in [0.1, 0.15) is 37.7 Å². The lowest BCUT2D eigenvalue weighted by Crippen LogP contribution is -2.52. The molecule has 2 aliphatic heterocycles. The Morgan fingerprint density at radius 2 is 1.80 bits per heavy atom. The Hall–Kier alpha value is -2.45. The van der Waals surface area contributed by atoms with Crippen molar-refractivity contribution < 1.29 is 19.7 Å². The Morgan fingerprint density at radius 1 is 1.06 bits per heavy atom. The zero-order valence-electron chi connectivity index (χ0n) is 20.7. The maximum atomic E-state index is 13.3. The van der Waals surface area contributed by atoms with E-state index in [1.165, 1.54) is 0 Å². The summed E-state index contributed by atoms with van der Waals surface area (Å²) in [5, 5.41) is 22.5. The predicted molar refractivity (Wildman–Crippen MR) is 137 cm³/mol. The van der Waals surface area contributed by atoms with Crippen molar-refractivity contribution in [2.75, 3.05) is 39.9 Å². The monoisotopic (exact) mass is 481 g/mol. The maximum Gasteiger partial charge on any atom is 0.320 e. The minimum absolute atomic E-state index is 0.0974. The highest BCUT2D eigenvalue weighted by Crippen LogP contribution is 2.43. The van der Waals surface area contributed by atoms with Crippen molar-refractivity contribution in [3.05, 3.63) is 60.2 Å². The summed E-state index contributed by atoms with van der Waals surface area (Å²) in [4.78, 5) is 16.8. The lowest BCUT2D eigenvalue weighted by molar-refractivity contribution is -0.0571. The van der Waals surface area contributed by atoms with Crippen molar-refractivity contribution >= 4 is 6.03 Å². The van der Waals surface area contributed by atoms with Crippen LogP contribution < -0.4 is 5.73 Å². The molecule has 190 valence electrons. The minimum atomic E-state index is -1.08. The fourth-order valence-electron chi connectivity index (χ4n) is 5.64. The Labute approximate surface area is 208 Å². The third kappa shape index (κ3) is 5.70. The second kappa shape index (κ2) is 11.5. The fraction of sp³-hybridized carbons (Fsp3) is 0.536. The molecular weight excluding hydrogens is 442 g/mol. The van der Waals surface area contributed by atoms with E-state index < -0.39 is 17.7 Å². The first-order valence-electron chi connectivity index (χ1n) is 12.8. The summed E-state index contributed by atoms with van der Waals surface area (Å²) >= 11 is 0. The summed E-state index contributed by atoms with van der Waals surface area (Å²) in [5.74, 6) is -0.103. The molecule has 0 bridgehead atoms. The van der Waals surface area contributed by atoms with Crippen molar-refractivity contribution in [3.63, 3.8) is 0 Å². The molecule has 4 N–H and O–H groups in total. The number of amides is 2. The van der Waals surface area contributed by atoms with Crippen LogP contribution in [0.2, 0.25) is 0 Å². The van der Waals surface area contributed by atoms with Gasteiger partial charge in [0.1, 0.15) is 0 Å². The lowest BCUT2D eigenvalue weighted by atomic mass is 9.72. The SMILES string of the molecule is COCCCC[C@@](O)(c1ccccc1-c1ccccc1)[C@@H]1CCCN(C(=O)N2C[C@@H](N)[C@@H](O)C2)C1. The quantitative estimate of drug-likeness (QED) is 0.503. The van der Waals surface area contributed by atoms with E-state index in [2.05, 4.69) is 18.2 Å². The molecule has 0 aromatic heterocycles. The molecule has 0 spiro atoms. The average molecular weight is 482 g/mol. The molecule has 4 atom stereocenters. The molecule has 2 aromatic rings. The summed E-state index contributed by atoms with van der Waals surface area (Å²) < 4.78 is 5.25. The third-order valence-electron chi connectivity index (χ3n) is 7.61. The number of unbranched alkanes of at least 4 members (excludes halogenated alkanes) is 1. The summed E-state index contributed by atoms with van der Waals surface area (Å²) in [6, 6.07) is 17.8. The fourth-order valence-corrected chi connectivity index (χ4v) is 5.64. The van der Waals surface area contributed by atoms with Crippen LogP contribution in [-0.4, -0.2) is 78.1 Å². The number of nitrogens with zero attached hydrogens (tertiary/aromatic N) is 2. The first-order valence-corrected chi connectivity index (χ1v) is 12.8. The third-order valence-corrected chi connectivity index (χ3v) is 7.61. The topological polar surface area (TPSA) is 99.3 Å². The Balaban J connectivity index is 1.62. The minimum Gasteiger partial charge on any atom is -0.390 e. The van der Waals surface area contributed by atoms with Crippen LogP contribution in [0.5, 0.6) is 0 Å². The molecule has 4 rings (SSSR count). The van der Waals surface area contributed by atoms with E-state index >= 15 is 0 Å². The number of hydrogen-bond donors (Lipinski definition) is 3. The molecule has 7 heteroatoms. The lowest BCUT2D eigenvalue weighted by Gasteiger charge is -2.44. The number of nitrogens with two attached hydrogens (primary N) is 1. The summed E-state index contributed by atoms with van der Waals surface area (Å²) in [6.07, 6.45) is 3.27. The van der Waals surface area contributed by atoms with Gasteiger partial charge in [-0.3, -0.25) is 0 Å². The van der Waals surface area contributed by atoms with E-state index in [9.17, 15) is 15.0 Å². The standard InChI is InChI=1S/C28H39N3O4/c1-35-17-8-7-15-28(34,24-14-6-5-13-23(24)21-10-3-2-4-11-21)22-12-9-16-30(18-22)27(33)31-19-25(29)26(32)20-31/h2-6,10-11,13-14,22,25-26,32,34H,7-9,12,15-20,29H2,1H3/t22-,25-,26+,28+/m1/s1. The predicted octanol–water partition coefficient (Wildman–Crippen LogP) is 3.19. The zero-order chi connectivity index (χ0) is 24.8. The molecule has 2 aliphatic rings. The van der Waals surface area contributed by atoms with Crippen molar-refractivity contribution in [2.24, 2.45) is 11.7 Å². The zero-order valence-corrected chi connectivity index (χ0v) is 20.7. The van der Waals surface area contributed by atoms with Gasteiger partial charge in [0.15, 0.2) is 0 Å². The van der Waals surface area contributed by atoms with Crippen LogP contribution in [0.3, 0.4) is 0 Å². The van der Waals surface area contributed by atoms with E-state index in [1.807, 2.05) is 41.3 Å². The highest BCUT2D eigenvalue weighted by atomic mass is 16.5. The van der Waals surface area contributed by atoms with E-state index in [1.54, 1.807) is 12.0 Å². The van der Waals surface area contributed by atoms with Crippen LogP contribution in [0.4, 0.5) is 4.79 Å².